The third-order valence-corrected chi connectivity index (χ3v) is 5.91. The Balaban J connectivity index is 1.70. The molecule has 23 heavy (non-hydrogen) atoms. The summed E-state index contributed by atoms with van der Waals surface area (Å²) in [5, 5.41) is 1.59. The van der Waals surface area contributed by atoms with Crippen molar-refractivity contribution in [2.75, 3.05) is 19.6 Å². The first kappa shape index (κ1) is 16.3. The maximum absolute atomic E-state index is 12.4. The van der Waals surface area contributed by atoms with Crippen LogP contribution in [-0.4, -0.2) is 46.5 Å². The van der Waals surface area contributed by atoms with Gasteiger partial charge in [-0.3, -0.25) is 19.3 Å². The molecule has 3 amide bonds. The lowest BCUT2D eigenvalue weighted by Crippen LogP contribution is -2.44. The highest BCUT2D eigenvalue weighted by molar-refractivity contribution is 8.18. The van der Waals surface area contributed by atoms with E-state index in [2.05, 4.69) is 0 Å². The van der Waals surface area contributed by atoms with Crippen LogP contribution in [0, 0.1) is 6.92 Å². The van der Waals surface area contributed by atoms with Crippen LogP contribution in [-0.2, 0) is 9.59 Å². The van der Waals surface area contributed by atoms with Gasteiger partial charge in [0, 0.05) is 18.0 Å². The number of thiophene rings is 1. The van der Waals surface area contributed by atoms with Crippen LogP contribution < -0.4 is 0 Å². The van der Waals surface area contributed by atoms with Gasteiger partial charge in [0.05, 0.1) is 4.91 Å². The van der Waals surface area contributed by atoms with Crippen molar-refractivity contribution in [2.24, 2.45) is 0 Å². The maximum Gasteiger partial charge on any atom is 0.294 e. The normalized spacial score (nSPS) is 20.7. The average Bonchev–Trinajstić information content (AvgIpc) is 3.07. The van der Waals surface area contributed by atoms with Crippen LogP contribution in [0.1, 0.15) is 29.7 Å². The quantitative estimate of drug-likeness (QED) is 0.786. The highest BCUT2D eigenvalue weighted by Gasteiger charge is 2.37. The monoisotopic (exact) mass is 350 g/mol. The number of nitrogens with zero attached hydrogens (tertiary/aromatic N) is 2. The molecule has 0 radical (unpaired) electrons. The summed E-state index contributed by atoms with van der Waals surface area (Å²) in [6, 6.07) is 1.97. The average molecular weight is 350 g/mol. The van der Waals surface area contributed by atoms with Crippen LogP contribution in [0.4, 0.5) is 4.79 Å². The lowest BCUT2D eigenvalue weighted by atomic mass is 10.1. The van der Waals surface area contributed by atoms with E-state index in [-0.39, 0.29) is 23.6 Å². The van der Waals surface area contributed by atoms with Crippen molar-refractivity contribution >= 4 is 46.2 Å². The smallest absolute Gasteiger partial charge is 0.294 e. The zero-order chi connectivity index (χ0) is 16.4. The van der Waals surface area contributed by atoms with Gasteiger partial charge in [-0.25, -0.2) is 0 Å². The molecule has 0 aromatic carbocycles. The lowest BCUT2D eigenvalue weighted by molar-refractivity contribution is -0.136. The van der Waals surface area contributed by atoms with E-state index in [1.54, 1.807) is 11.0 Å². The molecule has 0 aliphatic carbocycles. The second-order valence-electron chi connectivity index (χ2n) is 5.68. The summed E-state index contributed by atoms with van der Waals surface area (Å²) in [5.41, 5.74) is 1.08. The molecule has 122 valence electrons. The number of imide groups is 1. The Kier molecular flexibility index (Phi) is 4.87. The van der Waals surface area contributed by atoms with Crippen molar-refractivity contribution < 1.29 is 14.4 Å². The fraction of sp³-hybridized carbons (Fsp3) is 0.438. The Bertz CT molecular complexity index is 675. The molecule has 3 heterocycles. The summed E-state index contributed by atoms with van der Waals surface area (Å²) in [4.78, 5) is 41.0. The first-order valence-corrected chi connectivity index (χ1v) is 9.33. The van der Waals surface area contributed by atoms with E-state index in [4.69, 9.17) is 0 Å². The number of piperidine rings is 1. The van der Waals surface area contributed by atoms with Crippen LogP contribution >= 0.6 is 23.1 Å². The van der Waals surface area contributed by atoms with Crippen molar-refractivity contribution in [3.63, 3.8) is 0 Å². The van der Waals surface area contributed by atoms with E-state index in [0.29, 0.717) is 4.91 Å². The molecule has 2 saturated heterocycles. The van der Waals surface area contributed by atoms with E-state index in [1.807, 2.05) is 18.4 Å². The number of hydrogen-bond acceptors (Lipinski definition) is 5. The van der Waals surface area contributed by atoms with Crippen LogP contribution in [0.3, 0.4) is 0 Å². The number of carbonyl (C=O) groups is 3. The minimum absolute atomic E-state index is 0.138. The van der Waals surface area contributed by atoms with Gasteiger partial charge in [-0.15, -0.1) is 11.3 Å². The topological polar surface area (TPSA) is 57.7 Å². The molecule has 1 aromatic rings. The van der Waals surface area contributed by atoms with Gasteiger partial charge in [0.15, 0.2) is 0 Å². The highest BCUT2D eigenvalue weighted by Crippen LogP contribution is 2.33. The molecule has 0 unspecified atom stereocenters. The summed E-state index contributed by atoms with van der Waals surface area (Å²) in [5.74, 6) is -0.501. The Labute approximate surface area is 143 Å². The highest BCUT2D eigenvalue weighted by atomic mass is 32.2. The Morgan fingerprint density at radius 2 is 2.00 bits per heavy atom. The summed E-state index contributed by atoms with van der Waals surface area (Å²) >= 11 is 2.44. The molecule has 2 fully saturated rings. The second-order valence-corrected chi connectivity index (χ2v) is 7.62. The molecule has 0 saturated carbocycles. The van der Waals surface area contributed by atoms with Gasteiger partial charge in [-0.1, -0.05) is 0 Å². The van der Waals surface area contributed by atoms with Gasteiger partial charge in [0.2, 0.25) is 5.91 Å². The van der Waals surface area contributed by atoms with E-state index in [1.165, 1.54) is 11.3 Å². The molecule has 7 heteroatoms. The van der Waals surface area contributed by atoms with Crippen LogP contribution in [0.2, 0.25) is 0 Å². The van der Waals surface area contributed by atoms with Crippen molar-refractivity contribution in [2.45, 2.75) is 26.2 Å². The molecule has 0 N–H and O–H groups in total. The SMILES string of the molecule is Cc1ccsc1C=C1SC(=O)N(CC(=O)N2CCCCC2)C1=O. The predicted molar refractivity (Wildman–Crippen MR) is 92.2 cm³/mol. The van der Waals surface area contributed by atoms with E-state index in [9.17, 15) is 14.4 Å². The number of amides is 3. The third kappa shape index (κ3) is 3.50. The molecule has 3 rings (SSSR count). The van der Waals surface area contributed by atoms with Gasteiger partial charge in [0.1, 0.15) is 6.54 Å². The number of carbonyl (C=O) groups excluding carboxylic acids is 3. The van der Waals surface area contributed by atoms with Gasteiger partial charge in [-0.2, -0.15) is 0 Å². The van der Waals surface area contributed by atoms with E-state index >= 15 is 0 Å². The van der Waals surface area contributed by atoms with Crippen molar-refractivity contribution in [1.29, 1.82) is 0 Å². The summed E-state index contributed by atoms with van der Waals surface area (Å²) in [7, 11) is 0. The molecular weight excluding hydrogens is 332 g/mol. The molecule has 2 aliphatic heterocycles. The standard InChI is InChI=1S/C16H18N2O3S2/c1-11-5-8-22-12(11)9-13-15(20)18(16(21)23-13)10-14(19)17-6-3-2-4-7-17/h5,8-9H,2-4,6-7,10H2,1H3. The largest absolute Gasteiger partial charge is 0.341 e. The van der Waals surface area contributed by atoms with Crippen molar-refractivity contribution in [1.82, 2.24) is 9.80 Å². The molecule has 1 aromatic heterocycles. The van der Waals surface area contributed by atoms with Crippen LogP contribution in [0.15, 0.2) is 16.4 Å². The molecule has 0 spiro atoms. The van der Waals surface area contributed by atoms with Gasteiger partial charge in [0.25, 0.3) is 11.1 Å². The van der Waals surface area contributed by atoms with Gasteiger partial charge < -0.3 is 4.90 Å². The number of likely N-dealkylation sites (tertiary alicyclic amines) is 1. The fourth-order valence-corrected chi connectivity index (χ4v) is 4.42. The summed E-state index contributed by atoms with van der Waals surface area (Å²) in [6.07, 6.45) is 4.86. The van der Waals surface area contributed by atoms with E-state index in [0.717, 1.165) is 59.5 Å². The molecule has 0 atom stereocenters. The molecule has 0 bridgehead atoms. The summed E-state index contributed by atoms with van der Waals surface area (Å²) in [6.45, 7) is 3.26. The summed E-state index contributed by atoms with van der Waals surface area (Å²) < 4.78 is 0. The zero-order valence-corrected chi connectivity index (χ0v) is 14.5. The maximum atomic E-state index is 12.4. The van der Waals surface area contributed by atoms with E-state index < -0.39 is 0 Å². The van der Waals surface area contributed by atoms with Crippen molar-refractivity contribution in [3.05, 3.63) is 26.8 Å². The number of hydrogen-bond donors (Lipinski definition) is 0. The van der Waals surface area contributed by atoms with Gasteiger partial charge in [-0.05, 0) is 61.0 Å². The minimum atomic E-state index is -0.363. The molecular formula is C16H18N2O3S2. The lowest BCUT2D eigenvalue weighted by Gasteiger charge is -2.27. The second kappa shape index (κ2) is 6.88. The molecule has 5 nitrogen and oxygen atoms in total. The zero-order valence-electron chi connectivity index (χ0n) is 12.9. The van der Waals surface area contributed by atoms with Crippen molar-refractivity contribution in [3.8, 4) is 0 Å². The number of rotatable bonds is 3. The molecule has 2 aliphatic rings. The number of aryl methyl sites for hydroxylation is 1. The number of thioether (sulfide) groups is 1. The first-order chi connectivity index (χ1) is 11.1. The van der Waals surface area contributed by atoms with Crippen LogP contribution in [0.25, 0.3) is 6.08 Å². The predicted octanol–water partition coefficient (Wildman–Crippen LogP) is 3.11. The third-order valence-electron chi connectivity index (χ3n) is 4.04. The fourth-order valence-electron chi connectivity index (χ4n) is 2.67. The van der Waals surface area contributed by atoms with Crippen LogP contribution in [0.5, 0.6) is 0 Å². The minimum Gasteiger partial charge on any atom is -0.341 e. The first-order valence-electron chi connectivity index (χ1n) is 7.63. The Morgan fingerprint density at radius 1 is 1.26 bits per heavy atom. The Hall–Kier alpha value is -1.60. The van der Waals surface area contributed by atoms with Gasteiger partial charge >= 0.3 is 0 Å². The Morgan fingerprint density at radius 3 is 2.65 bits per heavy atom.